The minimum absolute atomic E-state index is 0.175. The Kier molecular flexibility index (Phi) is 4.28. The maximum Gasteiger partial charge on any atom is 0.228 e. The molecule has 0 spiro atoms. The second-order valence-electron chi connectivity index (χ2n) is 4.09. The molecule has 94 valence electrons. The fraction of sp³-hybridized carbons (Fsp3) is 0.636. The summed E-state index contributed by atoms with van der Waals surface area (Å²) in [5.74, 6) is 1.22. The molecule has 1 aliphatic heterocycles. The Balaban J connectivity index is 1.91. The van der Waals surface area contributed by atoms with Crippen molar-refractivity contribution in [1.82, 2.24) is 9.88 Å². The lowest BCUT2D eigenvalue weighted by Gasteiger charge is -2.31. The van der Waals surface area contributed by atoms with Crippen molar-refractivity contribution in [3.05, 3.63) is 11.1 Å². The zero-order valence-corrected chi connectivity index (χ0v) is 11.5. The number of carbonyl (C=O) groups excluding carboxylic acids is 1. The van der Waals surface area contributed by atoms with Crippen LogP contribution in [0.15, 0.2) is 5.38 Å². The molecule has 17 heavy (non-hydrogen) atoms. The van der Waals surface area contributed by atoms with E-state index in [9.17, 15) is 4.79 Å². The fourth-order valence-corrected chi connectivity index (χ4v) is 3.61. The molecule has 1 aromatic rings. The normalized spacial score (nSPS) is 20.5. The standard InChI is InChI=1S/C11H17N3OS2/c1-2-9-6-14(3-4-16-9)10(15)5-8-7-17-11(12)13-8/h7,9H,2-6H2,1H3,(H2,12,13). The van der Waals surface area contributed by atoms with Crippen LogP contribution in [0.3, 0.4) is 0 Å². The molecule has 0 bridgehead atoms. The van der Waals surface area contributed by atoms with E-state index in [0.717, 1.165) is 31.0 Å². The molecule has 1 aliphatic rings. The topological polar surface area (TPSA) is 59.2 Å². The summed E-state index contributed by atoms with van der Waals surface area (Å²) in [6.45, 7) is 3.91. The van der Waals surface area contributed by atoms with Gasteiger partial charge in [-0.25, -0.2) is 4.98 Å². The summed E-state index contributed by atoms with van der Waals surface area (Å²) in [7, 11) is 0. The van der Waals surface area contributed by atoms with Gasteiger partial charge in [-0.3, -0.25) is 4.79 Å². The van der Waals surface area contributed by atoms with Crippen LogP contribution in [0.1, 0.15) is 19.0 Å². The highest BCUT2D eigenvalue weighted by Gasteiger charge is 2.23. The van der Waals surface area contributed by atoms with Gasteiger partial charge in [-0.05, 0) is 6.42 Å². The third-order valence-electron chi connectivity index (χ3n) is 2.85. The van der Waals surface area contributed by atoms with Crippen molar-refractivity contribution < 1.29 is 4.79 Å². The number of thiazole rings is 1. The zero-order valence-electron chi connectivity index (χ0n) is 9.89. The Morgan fingerprint density at radius 2 is 2.53 bits per heavy atom. The summed E-state index contributed by atoms with van der Waals surface area (Å²) in [5, 5.41) is 2.99. The molecule has 0 aliphatic carbocycles. The van der Waals surface area contributed by atoms with Crippen molar-refractivity contribution in [3.63, 3.8) is 0 Å². The first-order valence-corrected chi connectivity index (χ1v) is 7.71. The average molecular weight is 271 g/mol. The molecule has 1 amide bonds. The first kappa shape index (κ1) is 12.7. The van der Waals surface area contributed by atoms with Gasteiger partial charge < -0.3 is 10.6 Å². The molecule has 2 rings (SSSR count). The number of nitrogen functional groups attached to an aromatic ring is 1. The summed E-state index contributed by atoms with van der Waals surface area (Å²) in [6, 6.07) is 0. The fourth-order valence-electron chi connectivity index (χ4n) is 1.86. The van der Waals surface area contributed by atoms with Gasteiger partial charge >= 0.3 is 0 Å². The van der Waals surface area contributed by atoms with Gasteiger partial charge in [0.25, 0.3) is 0 Å². The molecular weight excluding hydrogens is 254 g/mol. The lowest BCUT2D eigenvalue weighted by molar-refractivity contribution is -0.130. The summed E-state index contributed by atoms with van der Waals surface area (Å²) in [6.07, 6.45) is 1.51. The molecule has 0 aromatic carbocycles. The van der Waals surface area contributed by atoms with Gasteiger partial charge in [0.1, 0.15) is 0 Å². The Hall–Kier alpha value is -0.750. The Morgan fingerprint density at radius 1 is 1.71 bits per heavy atom. The SMILES string of the molecule is CCC1CN(C(=O)Cc2csc(N)n2)CCS1. The Bertz CT molecular complexity index is 394. The summed E-state index contributed by atoms with van der Waals surface area (Å²) >= 11 is 3.36. The summed E-state index contributed by atoms with van der Waals surface area (Å²) < 4.78 is 0. The van der Waals surface area contributed by atoms with Crippen molar-refractivity contribution >= 4 is 34.1 Å². The van der Waals surface area contributed by atoms with Crippen molar-refractivity contribution in [1.29, 1.82) is 0 Å². The van der Waals surface area contributed by atoms with Crippen LogP contribution in [0.4, 0.5) is 5.13 Å². The summed E-state index contributed by atoms with van der Waals surface area (Å²) in [4.78, 5) is 18.2. The van der Waals surface area contributed by atoms with E-state index in [1.807, 2.05) is 22.0 Å². The van der Waals surface area contributed by atoms with Gasteiger partial charge in [0.15, 0.2) is 5.13 Å². The first-order chi connectivity index (χ1) is 8.19. The second kappa shape index (κ2) is 5.73. The molecule has 0 saturated carbocycles. The molecule has 0 radical (unpaired) electrons. The number of aromatic nitrogens is 1. The van der Waals surface area contributed by atoms with Crippen molar-refractivity contribution in [2.45, 2.75) is 25.0 Å². The molecule has 6 heteroatoms. The molecule has 4 nitrogen and oxygen atoms in total. The number of thioether (sulfide) groups is 1. The molecule has 1 atom stereocenters. The van der Waals surface area contributed by atoms with E-state index in [1.54, 1.807) is 0 Å². The molecule has 1 unspecified atom stereocenters. The van der Waals surface area contributed by atoms with E-state index in [4.69, 9.17) is 5.73 Å². The minimum atomic E-state index is 0.175. The van der Waals surface area contributed by atoms with E-state index in [-0.39, 0.29) is 5.91 Å². The van der Waals surface area contributed by atoms with E-state index in [1.165, 1.54) is 11.3 Å². The van der Waals surface area contributed by atoms with Gasteiger partial charge in [0.2, 0.25) is 5.91 Å². The lowest BCUT2D eigenvalue weighted by Crippen LogP contribution is -2.42. The molecular formula is C11H17N3OS2. The zero-order chi connectivity index (χ0) is 12.3. The van der Waals surface area contributed by atoms with Crippen LogP contribution in [-0.2, 0) is 11.2 Å². The first-order valence-electron chi connectivity index (χ1n) is 5.78. The largest absolute Gasteiger partial charge is 0.375 e. The molecule has 1 aromatic heterocycles. The lowest BCUT2D eigenvalue weighted by atomic mass is 10.2. The van der Waals surface area contributed by atoms with Crippen LogP contribution in [0.25, 0.3) is 0 Å². The van der Waals surface area contributed by atoms with Crippen molar-refractivity contribution in [2.75, 3.05) is 24.6 Å². The quantitative estimate of drug-likeness (QED) is 0.907. The van der Waals surface area contributed by atoms with E-state index >= 15 is 0 Å². The highest BCUT2D eigenvalue weighted by Crippen LogP contribution is 2.22. The number of anilines is 1. The molecule has 1 saturated heterocycles. The number of hydrogen-bond acceptors (Lipinski definition) is 5. The van der Waals surface area contributed by atoms with Gasteiger partial charge in [0.05, 0.1) is 12.1 Å². The van der Waals surface area contributed by atoms with Crippen LogP contribution >= 0.6 is 23.1 Å². The van der Waals surface area contributed by atoms with E-state index in [0.29, 0.717) is 16.8 Å². The average Bonchev–Trinajstić information content (AvgIpc) is 2.75. The van der Waals surface area contributed by atoms with Gasteiger partial charge in [-0.15, -0.1) is 11.3 Å². The van der Waals surface area contributed by atoms with Crippen LogP contribution in [-0.4, -0.2) is 39.9 Å². The smallest absolute Gasteiger partial charge is 0.228 e. The number of nitrogens with zero attached hydrogens (tertiary/aromatic N) is 2. The number of hydrogen-bond donors (Lipinski definition) is 1. The summed E-state index contributed by atoms with van der Waals surface area (Å²) in [5.41, 5.74) is 6.35. The van der Waals surface area contributed by atoms with Crippen LogP contribution in [0, 0.1) is 0 Å². The Morgan fingerprint density at radius 3 is 3.18 bits per heavy atom. The number of carbonyl (C=O) groups is 1. The third-order valence-corrected chi connectivity index (χ3v) is 4.94. The van der Waals surface area contributed by atoms with Crippen molar-refractivity contribution in [2.24, 2.45) is 0 Å². The number of rotatable bonds is 3. The van der Waals surface area contributed by atoms with Crippen LogP contribution < -0.4 is 5.73 Å². The highest BCUT2D eigenvalue weighted by molar-refractivity contribution is 8.00. The predicted octanol–water partition coefficient (Wildman–Crippen LogP) is 1.62. The number of nitrogens with two attached hydrogens (primary N) is 1. The Labute approximate surface area is 110 Å². The minimum Gasteiger partial charge on any atom is -0.375 e. The van der Waals surface area contributed by atoms with E-state index < -0.39 is 0 Å². The molecule has 1 fully saturated rings. The van der Waals surface area contributed by atoms with E-state index in [2.05, 4.69) is 11.9 Å². The number of amides is 1. The van der Waals surface area contributed by atoms with Crippen molar-refractivity contribution in [3.8, 4) is 0 Å². The highest BCUT2D eigenvalue weighted by atomic mass is 32.2. The van der Waals surface area contributed by atoms with Crippen LogP contribution in [0.5, 0.6) is 0 Å². The maximum absolute atomic E-state index is 12.1. The molecule has 2 heterocycles. The predicted molar refractivity (Wildman–Crippen MR) is 73.3 cm³/mol. The third kappa shape index (κ3) is 3.35. The van der Waals surface area contributed by atoms with Crippen LogP contribution in [0.2, 0.25) is 0 Å². The monoisotopic (exact) mass is 271 g/mol. The van der Waals surface area contributed by atoms with Gasteiger partial charge in [0, 0.05) is 29.5 Å². The second-order valence-corrected chi connectivity index (χ2v) is 6.39. The van der Waals surface area contributed by atoms with Gasteiger partial charge in [-0.1, -0.05) is 6.92 Å². The maximum atomic E-state index is 12.1. The molecule has 2 N–H and O–H groups in total. The van der Waals surface area contributed by atoms with Gasteiger partial charge in [-0.2, -0.15) is 11.8 Å².